The van der Waals surface area contributed by atoms with Crippen LogP contribution in [0.15, 0.2) is 0 Å². The Morgan fingerprint density at radius 3 is 2.79 bits per heavy atom. The summed E-state index contributed by atoms with van der Waals surface area (Å²) in [5, 5.41) is 10.3. The van der Waals surface area contributed by atoms with Crippen molar-refractivity contribution >= 4 is 11.9 Å². The zero-order chi connectivity index (χ0) is 10.8. The van der Waals surface area contributed by atoms with E-state index in [1.165, 1.54) is 5.06 Å². The molecule has 0 spiro atoms. The first-order valence-electron chi connectivity index (χ1n) is 4.61. The Morgan fingerprint density at radius 1 is 1.64 bits per heavy atom. The topological polar surface area (TPSA) is 66.8 Å². The Balaban J connectivity index is 2.51. The molecule has 0 amide bonds. The number of hydrogen-bond donors (Lipinski definition) is 1. The number of carboxylic acid groups (broad SMARTS) is 1. The lowest BCUT2D eigenvalue weighted by molar-refractivity contribution is -0.208. The van der Waals surface area contributed by atoms with E-state index in [0.717, 1.165) is 6.42 Å². The summed E-state index contributed by atoms with van der Waals surface area (Å²) in [5.74, 6) is -1.17. The first kappa shape index (κ1) is 11.0. The minimum atomic E-state index is -0.891. The lowest BCUT2D eigenvalue weighted by atomic mass is 9.93. The van der Waals surface area contributed by atoms with Gasteiger partial charge in [-0.3, -0.25) is 9.59 Å². The lowest BCUT2D eigenvalue weighted by Crippen LogP contribution is -2.42. The van der Waals surface area contributed by atoms with E-state index in [2.05, 4.69) is 0 Å². The highest BCUT2D eigenvalue weighted by Crippen LogP contribution is 2.19. The van der Waals surface area contributed by atoms with E-state index in [4.69, 9.17) is 9.94 Å². The number of nitrogens with zero attached hydrogens (tertiary/aromatic N) is 1. The second-order valence-corrected chi connectivity index (χ2v) is 4.12. The highest BCUT2D eigenvalue weighted by molar-refractivity contribution is 5.74. The van der Waals surface area contributed by atoms with Gasteiger partial charge in [0, 0.05) is 13.0 Å². The molecule has 1 aliphatic rings. The summed E-state index contributed by atoms with van der Waals surface area (Å²) in [7, 11) is 0. The molecule has 0 saturated carbocycles. The van der Waals surface area contributed by atoms with Crippen molar-refractivity contribution in [3.8, 4) is 0 Å². The van der Waals surface area contributed by atoms with Gasteiger partial charge in [0.05, 0.1) is 12.0 Å². The Morgan fingerprint density at radius 2 is 2.29 bits per heavy atom. The summed E-state index contributed by atoms with van der Waals surface area (Å²) in [5.41, 5.74) is -0.891. The van der Waals surface area contributed by atoms with Crippen LogP contribution >= 0.6 is 0 Å². The average Bonchev–Trinajstić information content (AvgIpc) is 2.02. The van der Waals surface area contributed by atoms with Crippen molar-refractivity contribution in [2.75, 3.05) is 13.1 Å². The van der Waals surface area contributed by atoms with Gasteiger partial charge in [-0.05, 0) is 20.3 Å². The molecule has 0 radical (unpaired) electrons. The van der Waals surface area contributed by atoms with Crippen LogP contribution in [0.4, 0.5) is 0 Å². The molecule has 0 aliphatic carbocycles. The Bertz CT molecular complexity index is 249. The quantitative estimate of drug-likeness (QED) is 0.726. The highest BCUT2D eigenvalue weighted by Gasteiger charge is 2.32. The molecule has 5 nitrogen and oxygen atoms in total. The van der Waals surface area contributed by atoms with E-state index < -0.39 is 11.4 Å². The van der Waals surface area contributed by atoms with Crippen LogP contribution in [0.2, 0.25) is 0 Å². The third-order valence-electron chi connectivity index (χ3n) is 2.17. The average molecular weight is 201 g/mol. The van der Waals surface area contributed by atoms with Crippen LogP contribution in [0.5, 0.6) is 0 Å². The maximum atomic E-state index is 10.9. The van der Waals surface area contributed by atoms with Crippen molar-refractivity contribution in [3.63, 3.8) is 0 Å². The van der Waals surface area contributed by atoms with Gasteiger partial charge in [0.2, 0.25) is 0 Å². The Labute approximate surface area is 82.6 Å². The van der Waals surface area contributed by atoms with Gasteiger partial charge in [-0.25, -0.2) is 0 Å². The highest BCUT2D eigenvalue weighted by atomic mass is 16.7. The van der Waals surface area contributed by atoms with Crippen molar-refractivity contribution in [1.82, 2.24) is 5.06 Å². The van der Waals surface area contributed by atoms with Gasteiger partial charge in [-0.15, -0.1) is 5.06 Å². The minimum absolute atomic E-state index is 0.230. The fraction of sp³-hybridized carbons (Fsp3) is 0.778. The fourth-order valence-corrected chi connectivity index (χ4v) is 1.25. The summed E-state index contributed by atoms with van der Waals surface area (Å²) in [4.78, 5) is 26.6. The largest absolute Gasteiger partial charge is 0.481 e. The van der Waals surface area contributed by atoms with Crippen molar-refractivity contribution in [2.24, 2.45) is 5.41 Å². The van der Waals surface area contributed by atoms with Gasteiger partial charge in [0.25, 0.3) is 0 Å². The SMILES string of the molecule is CC(C)(CN1CCCC(=O)O1)C(=O)O. The third kappa shape index (κ3) is 2.70. The van der Waals surface area contributed by atoms with Crippen LogP contribution in [0.1, 0.15) is 26.7 Å². The van der Waals surface area contributed by atoms with E-state index in [1.807, 2.05) is 0 Å². The monoisotopic (exact) mass is 201 g/mol. The molecule has 1 N–H and O–H groups in total. The maximum Gasteiger partial charge on any atom is 0.325 e. The summed E-state index contributed by atoms with van der Waals surface area (Å²) in [6, 6.07) is 0. The summed E-state index contributed by atoms with van der Waals surface area (Å²) >= 11 is 0. The Kier molecular flexibility index (Phi) is 3.10. The van der Waals surface area contributed by atoms with Crippen molar-refractivity contribution in [2.45, 2.75) is 26.7 Å². The Hall–Kier alpha value is -1.10. The predicted molar refractivity (Wildman–Crippen MR) is 48.3 cm³/mol. The van der Waals surface area contributed by atoms with Gasteiger partial charge >= 0.3 is 11.9 Å². The molecule has 0 aromatic heterocycles. The van der Waals surface area contributed by atoms with Gasteiger partial charge in [0.1, 0.15) is 0 Å². The number of hydrogen-bond acceptors (Lipinski definition) is 4. The summed E-state index contributed by atoms with van der Waals surface area (Å²) in [6.45, 7) is 4.06. The van der Waals surface area contributed by atoms with Crippen molar-refractivity contribution in [3.05, 3.63) is 0 Å². The van der Waals surface area contributed by atoms with Crippen LogP contribution in [-0.4, -0.2) is 35.2 Å². The zero-order valence-electron chi connectivity index (χ0n) is 8.45. The van der Waals surface area contributed by atoms with E-state index >= 15 is 0 Å². The molecule has 80 valence electrons. The molecule has 1 heterocycles. The second-order valence-electron chi connectivity index (χ2n) is 4.12. The normalized spacial score (nSPS) is 19.1. The first-order chi connectivity index (χ1) is 6.42. The number of carboxylic acids is 1. The number of carbonyl (C=O) groups is 2. The van der Waals surface area contributed by atoms with Crippen LogP contribution in [0, 0.1) is 5.41 Å². The molecule has 5 heteroatoms. The third-order valence-corrected chi connectivity index (χ3v) is 2.17. The standard InChI is InChI=1S/C9H15NO4/c1-9(2,8(12)13)6-10-5-3-4-7(11)14-10/h3-6H2,1-2H3,(H,12,13). The number of hydroxylamine groups is 2. The fourth-order valence-electron chi connectivity index (χ4n) is 1.25. The summed E-state index contributed by atoms with van der Waals surface area (Å²) < 4.78 is 0. The lowest BCUT2D eigenvalue weighted by Gasteiger charge is -2.30. The van der Waals surface area contributed by atoms with Crippen LogP contribution in [0.25, 0.3) is 0 Å². The second kappa shape index (κ2) is 3.96. The van der Waals surface area contributed by atoms with Gasteiger partial charge < -0.3 is 9.94 Å². The molecule has 1 aliphatic heterocycles. The molecule has 1 fully saturated rings. The van der Waals surface area contributed by atoms with Crippen LogP contribution < -0.4 is 0 Å². The zero-order valence-corrected chi connectivity index (χ0v) is 8.45. The van der Waals surface area contributed by atoms with E-state index in [1.54, 1.807) is 13.8 Å². The molecule has 0 aromatic carbocycles. The molecule has 1 saturated heterocycles. The molecular formula is C9H15NO4. The molecule has 0 aromatic rings. The van der Waals surface area contributed by atoms with E-state index in [0.29, 0.717) is 13.0 Å². The van der Waals surface area contributed by atoms with Crippen molar-refractivity contribution < 1.29 is 19.5 Å². The number of carbonyl (C=O) groups excluding carboxylic acids is 1. The van der Waals surface area contributed by atoms with Crippen molar-refractivity contribution in [1.29, 1.82) is 0 Å². The summed E-state index contributed by atoms with van der Waals surface area (Å²) in [6.07, 6.45) is 1.15. The van der Waals surface area contributed by atoms with Gasteiger partial charge in [-0.1, -0.05) is 0 Å². The molecule has 0 unspecified atom stereocenters. The molecule has 1 rings (SSSR count). The molecular weight excluding hydrogens is 186 g/mol. The van der Waals surface area contributed by atoms with Crippen LogP contribution in [-0.2, 0) is 14.4 Å². The van der Waals surface area contributed by atoms with E-state index in [9.17, 15) is 9.59 Å². The number of aliphatic carboxylic acids is 1. The molecule has 0 bridgehead atoms. The minimum Gasteiger partial charge on any atom is -0.481 e. The predicted octanol–water partition coefficient (Wildman–Crippen LogP) is 0.651. The van der Waals surface area contributed by atoms with E-state index in [-0.39, 0.29) is 12.5 Å². The molecule has 0 atom stereocenters. The smallest absolute Gasteiger partial charge is 0.325 e. The maximum absolute atomic E-state index is 10.9. The molecule has 14 heavy (non-hydrogen) atoms. The number of rotatable bonds is 3. The van der Waals surface area contributed by atoms with Gasteiger partial charge in [-0.2, -0.15) is 0 Å². The first-order valence-corrected chi connectivity index (χ1v) is 4.61. The van der Waals surface area contributed by atoms with Crippen LogP contribution in [0.3, 0.4) is 0 Å². The van der Waals surface area contributed by atoms with Gasteiger partial charge in [0.15, 0.2) is 0 Å².